The van der Waals surface area contributed by atoms with Crippen molar-refractivity contribution in [3.05, 3.63) is 53.0 Å². The Bertz CT molecular complexity index is 1020. The Kier molecular flexibility index (Phi) is 4.05. The largest absolute Gasteiger partial charge is 0.368 e. The van der Waals surface area contributed by atoms with Crippen LogP contribution < -0.4 is 0 Å². The van der Waals surface area contributed by atoms with Crippen molar-refractivity contribution in [2.24, 2.45) is 0 Å². The number of nitrogens with one attached hydrogen (secondary N) is 1. The molecule has 0 atom stereocenters. The minimum absolute atomic E-state index is 0.0815. The SMILES string of the molecule is CC(C)c1cc(C(=O)N2CCC3(CC2)OCCc2c3[nH]c3ccccc23)on1. The van der Waals surface area contributed by atoms with Gasteiger partial charge < -0.3 is 19.1 Å². The number of ether oxygens (including phenoxy) is 1. The molecule has 6 heteroatoms. The molecule has 1 N–H and O–H groups in total. The summed E-state index contributed by atoms with van der Waals surface area (Å²) in [7, 11) is 0. The highest BCUT2D eigenvalue weighted by molar-refractivity contribution is 5.91. The summed E-state index contributed by atoms with van der Waals surface area (Å²) in [4.78, 5) is 18.3. The number of nitrogens with zero attached hydrogens (tertiary/aromatic N) is 2. The molecule has 1 fully saturated rings. The number of hydrogen-bond acceptors (Lipinski definition) is 4. The van der Waals surface area contributed by atoms with Gasteiger partial charge in [0.2, 0.25) is 5.76 Å². The third kappa shape index (κ3) is 2.66. The van der Waals surface area contributed by atoms with Gasteiger partial charge in [0.15, 0.2) is 0 Å². The number of piperidine rings is 1. The third-order valence-electron chi connectivity index (χ3n) is 6.19. The molecule has 2 aromatic heterocycles. The minimum Gasteiger partial charge on any atom is -0.368 e. The van der Waals surface area contributed by atoms with Crippen LogP contribution in [0.25, 0.3) is 10.9 Å². The van der Waals surface area contributed by atoms with Crippen LogP contribution >= 0.6 is 0 Å². The number of benzene rings is 1. The van der Waals surface area contributed by atoms with Crippen LogP contribution in [0.1, 0.15) is 60.1 Å². The molecule has 0 unspecified atom stereocenters. The molecule has 1 saturated heterocycles. The van der Waals surface area contributed by atoms with E-state index in [9.17, 15) is 4.79 Å². The second-order valence-corrected chi connectivity index (χ2v) is 8.18. The lowest BCUT2D eigenvalue weighted by Crippen LogP contribution is -2.48. The van der Waals surface area contributed by atoms with Gasteiger partial charge in [0, 0.05) is 30.1 Å². The number of carbonyl (C=O) groups excluding carboxylic acids is 1. The predicted octanol–water partition coefficient (Wildman–Crippen LogP) is 3.98. The number of hydrogen-bond donors (Lipinski definition) is 1. The molecule has 0 radical (unpaired) electrons. The van der Waals surface area contributed by atoms with Gasteiger partial charge in [-0.1, -0.05) is 37.2 Å². The summed E-state index contributed by atoms with van der Waals surface area (Å²) in [5.74, 6) is 0.489. The van der Waals surface area contributed by atoms with E-state index in [1.54, 1.807) is 6.07 Å². The van der Waals surface area contributed by atoms with Gasteiger partial charge in [-0.2, -0.15) is 0 Å². The fourth-order valence-corrected chi connectivity index (χ4v) is 4.55. The first-order valence-corrected chi connectivity index (χ1v) is 10.1. The number of rotatable bonds is 2. The van der Waals surface area contributed by atoms with Crippen LogP contribution in [0.5, 0.6) is 0 Å². The smallest absolute Gasteiger partial charge is 0.292 e. The zero-order valence-corrected chi connectivity index (χ0v) is 16.3. The Morgan fingerprint density at radius 2 is 2.04 bits per heavy atom. The van der Waals surface area contributed by atoms with Gasteiger partial charge in [0.1, 0.15) is 5.60 Å². The van der Waals surface area contributed by atoms with Crippen LogP contribution in [0.2, 0.25) is 0 Å². The van der Waals surface area contributed by atoms with E-state index in [1.807, 2.05) is 18.7 Å². The Morgan fingerprint density at radius 3 is 2.79 bits per heavy atom. The maximum Gasteiger partial charge on any atom is 0.292 e. The summed E-state index contributed by atoms with van der Waals surface area (Å²) in [6, 6.07) is 10.2. The standard InChI is InChI=1S/C22H25N3O3/c1-14(2)18-13-19(28-24-18)21(26)25-10-8-22(9-11-25)20-16(7-12-27-22)15-5-3-4-6-17(15)23-20/h3-6,13-14,23H,7-12H2,1-2H3. The first kappa shape index (κ1) is 17.5. The third-order valence-corrected chi connectivity index (χ3v) is 6.19. The van der Waals surface area contributed by atoms with E-state index in [-0.39, 0.29) is 17.4 Å². The molecular formula is C22H25N3O3. The fraction of sp³-hybridized carbons (Fsp3) is 0.455. The number of fused-ring (bicyclic) bond motifs is 4. The lowest BCUT2D eigenvalue weighted by molar-refractivity contribution is -0.0959. The van der Waals surface area contributed by atoms with Crippen LogP contribution in [-0.4, -0.2) is 40.6 Å². The highest BCUT2D eigenvalue weighted by atomic mass is 16.5. The van der Waals surface area contributed by atoms with Gasteiger partial charge in [-0.15, -0.1) is 0 Å². The van der Waals surface area contributed by atoms with Crippen molar-refractivity contribution in [2.75, 3.05) is 19.7 Å². The van der Waals surface area contributed by atoms with Gasteiger partial charge in [-0.05, 0) is 36.8 Å². The van der Waals surface area contributed by atoms with E-state index in [0.717, 1.165) is 31.6 Å². The molecular weight excluding hydrogens is 354 g/mol. The molecule has 1 amide bonds. The normalized spacial score (nSPS) is 18.8. The topological polar surface area (TPSA) is 71.4 Å². The first-order chi connectivity index (χ1) is 13.6. The van der Waals surface area contributed by atoms with Gasteiger partial charge >= 0.3 is 0 Å². The summed E-state index contributed by atoms with van der Waals surface area (Å²) in [6.45, 7) is 6.09. The van der Waals surface area contributed by atoms with Gasteiger partial charge in [0.05, 0.1) is 18.0 Å². The van der Waals surface area contributed by atoms with Gasteiger partial charge in [-0.25, -0.2) is 0 Å². The van der Waals surface area contributed by atoms with E-state index < -0.39 is 0 Å². The van der Waals surface area contributed by atoms with Crippen molar-refractivity contribution in [1.29, 1.82) is 0 Å². The molecule has 0 bridgehead atoms. The molecule has 1 spiro atoms. The predicted molar refractivity (Wildman–Crippen MR) is 105 cm³/mol. The van der Waals surface area contributed by atoms with Crippen LogP contribution in [-0.2, 0) is 16.8 Å². The van der Waals surface area contributed by atoms with Crippen molar-refractivity contribution >= 4 is 16.8 Å². The number of amides is 1. The number of aromatic amines is 1. The molecule has 6 nitrogen and oxygen atoms in total. The molecule has 0 aliphatic carbocycles. The average molecular weight is 379 g/mol. The molecule has 146 valence electrons. The van der Waals surface area contributed by atoms with E-state index in [4.69, 9.17) is 9.26 Å². The van der Waals surface area contributed by atoms with Crippen LogP contribution in [0, 0.1) is 0 Å². The first-order valence-electron chi connectivity index (χ1n) is 10.1. The fourth-order valence-electron chi connectivity index (χ4n) is 4.55. The van der Waals surface area contributed by atoms with Crippen molar-refractivity contribution in [1.82, 2.24) is 15.0 Å². The lowest BCUT2D eigenvalue weighted by atomic mass is 9.83. The van der Waals surface area contributed by atoms with Crippen molar-refractivity contribution in [2.45, 2.75) is 44.6 Å². The van der Waals surface area contributed by atoms with Gasteiger partial charge in [-0.3, -0.25) is 4.79 Å². The number of H-pyrrole nitrogens is 1. The quantitative estimate of drug-likeness (QED) is 0.731. The molecule has 1 aromatic carbocycles. The summed E-state index contributed by atoms with van der Waals surface area (Å²) in [5.41, 5.74) is 4.23. The zero-order valence-electron chi connectivity index (χ0n) is 16.3. The maximum absolute atomic E-state index is 12.8. The molecule has 2 aliphatic rings. The van der Waals surface area contributed by atoms with Crippen molar-refractivity contribution < 1.29 is 14.1 Å². The Morgan fingerprint density at radius 1 is 1.25 bits per heavy atom. The number of para-hydroxylation sites is 1. The van der Waals surface area contributed by atoms with Gasteiger partial charge in [0.25, 0.3) is 5.91 Å². The highest BCUT2D eigenvalue weighted by Gasteiger charge is 2.43. The van der Waals surface area contributed by atoms with Crippen LogP contribution in [0.3, 0.4) is 0 Å². The second kappa shape index (κ2) is 6.48. The van der Waals surface area contributed by atoms with Crippen LogP contribution in [0.4, 0.5) is 0 Å². The minimum atomic E-state index is -0.326. The van der Waals surface area contributed by atoms with E-state index in [1.165, 1.54) is 22.2 Å². The molecule has 3 aromatic rings. The van der Waals surface area contributed by atoms with Crippen molar-refractivity contribution in [3.63, 3.8) is 0 Å². The van der Waals surface area contributed by atoms with E-state index >= 15 is 0 Å². The summed E-state index contributed by atoms with van der Waals surface area (Å²) in [5, 5.41) is 5.31. The Balaban J connectivity index is 1.38. The average Bonchev–Trinajstić information content (AvgIpc) is 3.34. The molecule has 28 heavy (non-hydrogen) atoms. The maximum atomic E-state index is 12.8. The zero-order chi connectivity index (χ0) is 19.3. The summed E-state index contributed by atoms with van der Waals surface area (Å²) >= 11 is 0. The molecule has 0 saturated carbocycles. The Labute approximate surface area is 163 Å². The number of carbonyl (C=O) groups is 1. The second-order valence-electron chi connectivity index (χ2n) is 8.18. The van der Waals surface area contributed by atoms with Crippen molar-refractivity contribution in [3.8, 4) is 0 Å². The van der Waals surface area contributed by atoms with Crippen LogP contribution in [0.15, 0.2) is 34.9 Å². The molecule has 2 aliphatic heterocycles. The Hall–Kier alpha value is -2.60. The number of likely N-dealkylation sites (tertiary alicyclic amines) is 1. The summed E-state index contributed by atoms with van der Waals surface area (Å²) in [6.07, 6.45) is 2.49. The summed E-state index contributed by atoms with van der Waals surface area (Å²) < 4.78 is 11.6. The highest BCUT2D eigenvalue weighted by Crippen LogP contribution is 2.43. The molecule has 5 rings (SSSR count). The lowest BCUT2D eigenvalue weighted by Gasteiger charge is -2.43. The number of aromatic nitrogens is 2. The van der Waals surface area contributed by atoms with E-state index in [2.05, 4.69) is 34.4 Å². The monoisotopic (exact) mass is 379 g/mol. The molecule has 4 heterocycles. The van der Waals surface area contributed by atoms with E-state index in [0.29, 0.717) is 18.8 Å².